The maximum absolute atomic E-state index is 5.95. The second kappa shape index (κ2) is 5.13. The van der Waals surface area contributed by atoms with E-state index in [4.69, 9.17) is 5.73 Å². The van der Waals surface area contributed by atoms with Crippen molar-refractivity contribution in [3.8, 4) is 0 Å². The normalized spacial score (nSPS) is 24.6. The number of nitrogens with two attached hydrogens (primary N) is 1. The minimum atomic E-state index is 0.213. The molecule has 0 heterocycles. The Labute approximate surface area is 88.8 Å². The second-order valence-corrected chi connectivity index (χ2v) is 5.14. The van der Waals surface area contributed by atoms with Crippen LogP contribution in [0.3, 0.4) is 0 Å². The van der Waals surface area contributed by atoms with E-state index in [-0.39, 0.29) is 5.54 Å². The molecule has 1 aliphatic rings. The summed E-state index contributed by atoms with van der Waals surface area (Å²) in [5, 5.41) is 0. The van der Waals surface area contributed by atoms with Crippen molar-refractivity contribution in [3.05, 3.63) is 0 Å². The molecular weight excluding hydrogens is 172 g/mol. The van der Waals surface area contributed by atoms with Gasteiger partial charge in [-0.1, -0.05) is 25.7 Å². The van der Waals surface area contributed by atoms with Crippen LogP contribution >= 0.6 is 0 Å². The van der Waals surface area contributed by atoms with Crippen molar-refractivity contribution >= 4 is 0 Å². The van der Waals surface area contributed by atoms with E-state index in [1.165, 1.54) is 38.5 Å². The summed E-state index contributed by atoms with van der Waals surface area (Å²) < 4.78 is 0. The first kappa shape index (κ1) is 12.0. The van der Waals surface area contributed by atoms with Gasteiger partial charge in [0.2, 0.25) is 0 Å². The predicted molar refractivity (Wildman–Crippen MR) is 62.3 cm³/mol. The van der Waals surface area contributed by atoms with E-state index in [1.54, 1.807) is 0 Å². The van der Waals surface area contributed by atoms with Crippen molar-refractivity contribution in [2.75, 3.05) is 20.6 Å². The molecule has 0 bridgehead atoms. The first-order valence-electron chi connectivity index (χ1n) is 5.99. The van der Waals surface area contributed by atoms with Gasteiger partial charge in [-0.15, -0.1) is 0 Å². The van der Waals surface area contributed by atoms with Crippen molar-refractivity contribution in [1.82, 2.24) is 4.90 Å². The molecule has 1 unspecified atom stereocenters. The first-order chi connectivity index (χ1) is 6.61. The highest BCUT2D eigenvalue weighted by Crippen LogP contribution is 2.33. The standard InChI is InChI=1S/C12H26N2/c1-12(10-13,14(2)3)11-8-6-4-5-7-9-11/h11H,4-10,13H2,1-3H3. The predicted octanol–water partition coefficient (Wildman–Crippen LogP) is 2.24. The summed E-state index contributed by atoms with van der Waals surface area (Å²) in [6, 6.07) is 0. The van der Waals surface area contributed by atoms with Crippen molar-refractivity contribution in [2.24, 2.45) is 11.7 Å². The van der Waals surface area contributed by atoms with Gasteiger partial charge in [0.25, 0.3) is 0 Å². The van der Waals surface area contributed by atoms with Gasteiger partial charge >= 0.3 is 0 Å². The highest BCUT2D eigenvalue weighted by atomic mass is 15.2. The Hall–Kier alpha value is -0.0800. The van der Waals surface area contributed by atoms with E-state index in [9.17, 15) is 0 Å². The van der Waals surface area contributed by atoms with Crippen molar-refractivity contribution in [1.29, 1.82) is 0 Å². The largest absolute Gasteiger partial charge is 0.329 e. The molecule has 0 aromatic carbocycles. The van der Waals surface area contributed by atoms with E-state index in [2.05, 4.69) is 25.9 Å². The molecule has 0 saturated heterocycles. The van der Waals surface area contributed by atoms with Crippen LogP contribution in [-0.2, 0) is 0 Å². The Balaban J connectivity index is 2.66. The van der Waals surface area contributed by atoms with E-state index < -0.39 is 0 Å². The van der Waals surface area contributed by atoms with Crippen molar-refractivity contribution in [2.45, 2.75) is 51.0 Å². The maximum Gasteiger partial charge on any atom is 0.0325 e. The molecule has 1 fully saturated rings. The van der Waals surface area contributed by atoms with Gasteiger partial charge in [0.15, 0.2) is 0 Å². The zero-order valence-electron chi connectivity index (χ0n) is 10.1. The monoisotopic (exact) mass is 198 g/mol. The van der Waals surface area contributed by atoms with E-state index in [1.807, 2.05) is 0 Å². The van der Waals surface area contributed by atoms with Gasteiger partial charge < -0.3 is 10.6 Å². The summed E-state index contributed by atoms with van der Waals surface area (Å²) in [5.74, 6) is 0.796. The first-order valence-corrected chi connectivity index (χ1v) is 5.99. The molecule has 84 valence electrons. The van der Waals surface area contributed by atoms with Crippen LogP contribution < -0.4 is 5.73 Å². The fraction of sp³-hybridized carbons (Fsp3) is 1.00. The number of hydrogen-bond acceptors (Lipinski definition) is 2. The number of nitrogens with zero attached hydrogens (tertiary/aromatic N) is 1. The molecule has 0 amide bonds. The van der Waals surface area contributed by atoms with Crippen LogP contribution in [0.4, 0.5) is 0 Å². The Morgan fingerprint density at radius 3 is 2.00 bits per heavy atom. The fourth-order valence-corrected chi connectivity index (χ4v) is 2.62. The minimum Gasteiger partial charge on any atom is -0.329 e. The van der Waals surface area contributed by atoms with Crippen LogP contribution in [0.5, 0.6) is 0 Å². The van der Waals surface area contributed by atoms with Gasteiger partial charge in [-0.05, 0) is 39.8 Å². The summed E-state index contributed by atoms with van der Waals surface area (Å²) in [4.78, 5) is 2.32. The molecule has 0 radical (unpaired) electrons. The van der Waals surface area contributed by atoms with Crippen LogP contribution in [0.2, 0.25) is 0 Å². The third-order valence-corrected chi connectivity index (χ3v) is 4.17. The molecule has 0 aliphatic heterocycles. The van der Waals surface area contributed by atoms with Crippen molar-refractivity contribution in [3.63, 3.8) is 0 Å². The topological polar surface area (TPSA) is 29.3 Å². The van der Waals surface area contributed by atoms with Gasteiger partial charge in [0.05, 0.1) is 0 Å². The fourth-order valence-electron chi connectivity index (χ4n) is 2.62. The molecule has 0 aromatic rings. The Kier molecular flexibility index (Phi) is 4.39. The zero-order chi connectivity index (χ0) is 10.6. The van der Waals surface area contributed by atoms with Gasteiger partial charge in [0, 0.05) is 12.1 Å². The van der Waals surface area contributed by atoms with Gasteiger partial charge in [-0.2, -0.15) is 0 Å². The van der Waals surface area contributed by atoms with Crippen LogP contribution in [-0.4, -0.2) is 31.1 Å². The minimum absolute atomic E-state index is 0.213. The summed E-state index contributed by atoms with van der Waals surface area (Å²) in [7, 11) is 4.33. The van der Waals surface area contributed by atoms with E-state index in [0.717, 1.165) is 12.5 Å². The molecule has 2 heteroatoms. The van der Waals surface area contributed by atoms with Crippen LogP contribution in [0.1, 0.15) is 45.4 Å². The lowest BCUT2D eigenvalue weighted by Gasteiger charge is -2.42. The Morgan fingerprint density at radius 1 is 1.14 bits per heavy atom. The van der Waals surface area contributed by atoms with E-state index >= 15 is 0 Å². The van der Waals surface area contributed by atoms with Crippen LogP contribution in [0.15, 0.2) is 0 Å². The average Bonchev–Trinajstić information content (AvgIpc) is 2.44. The molecule has 14 heavy (non-hydrogen) atoms. The average molecular weight is 198 g/mol. The summed E-state index contributed by atoms with van der Waals surface area (Å²) >= 11 is 0. The van der Waals surface area contributed by atoms with Crippen LogP contribution in [0, 0.1) is 5.92 Å². The number of likely N-dealkylation sites (N-methyl/N-ethyl adjacent to an activating group) is 1. The maximum atomic E-state index is 5.95. The number of rotatable bonds is 3. The molecule has 0 aromatic heterocycles. The van der Waals surface area contributed by atoms with Gasteiger partial charge in [-0.25, -0.2) is 0 Å². The molecular formula is C12H26N2. The highest BCUT2D eigenvalue weighted by Gasteiger charge is 2.34. The van der Waals surface area contributed by atoms with Crippen LogP contribution in [0.25, 0.3) is 0 Å². The Morgan fingerprint density at radius 2 is 1.64 bits per heavy atom. The molecule has 2 N–H and O–H groups in total. The second-order valence-electron chi connectivity index (χ2n) is 5.14. The SMILES string of the molecule is CN(C)C(C)(CN)C1CCCCCC1. The summed E-state index contributed by atoms with van der Waals surface area (Å²) in [6.45, 7) is 3.10. The lowest BCUT2D eigenvalue weighted by molar-refractivity contribution is 0.0937. The number of hydrogen-bond donors (Lipinski definition) is 1. The zero-order valence-corrected chi connectivity index (χ0v) is 10.1. The van der Waals surface area contributed by atoms with Gasteiger partial charge in [-0.3, -0.25) is 0 Å². The van der Waals surface area contributed by atoms with Crippen molar-refractivity contribution < 1.29 is 0 Å². The summed E-state index contributed by atoms with van der Waals surface area (Å²) in [6.07, 6.45) is 8.37. The lowest BCUT2D eigenvalue weighted by Crippen LogP contribution is -2.53. The van der Waals surface area contributed by atoms with E-state index in [0.29, 0.717) is 0 Å². The third-order valence-electron chi connectivity index (χ3n) is 4.17. The van der Waals surface area contributed by atoms with Gasteiger partial charge in [0.1, 0.15) is 0 Å². The third kappa shape index (κ3) is 2.48. The molecule has 2 nitrogen and oxygen atoms in total. The Bertz CT molecular complexity index is 160. The summed E-state index contributed by atoms with van der Waals surface area (Å²) in [5.41, 5.74) is 6.16. The smallest absolute Gasteiger partial charge is 0.0325 e. The molecule has 1 aliphatic carbocycles. The highest BCUT2D eigenvalue weighted by molar-refractivity contribution is 4.91. The quantitative estimate of drug-likeness (QED) is 0.705. The lowest BCUT2D eigenvalue weighted by atomic mass is 9.79. The molecule has 0 spiro atoms. The molecule has 1 rings (SSSR count). The molecule has 1 saturated carbocycles. The molecule has 1 atom stereocenters.